The molecule has 2 aliphatic carbocycles. The van der Waals surface area contributed by atoms with Crippen LogP contribution in [0.5, 0.6) is 0 Å². The number of benzene rings is 8. The Bertz CT molecular complexity index is 3130. The largest absolute Gasteiger partial charge is 0.308 e. The molecule has 0 N–H and O–H groups in total. The molecule has 0 bridgehead atoms. The Kier molecular flexibility index (Phi) is 8.12. The number of hydrogen-bond donors (Lipinski definition) is 0. The van der Waals surface area contributed by atoms with Crippen LogP contribution in [-0.2, 0) is 10.8 Å². The molecule has 0 amide bonds. The van der Waals surface area contributed by atoms with Gasteiger partial charge in [-0.3, -0.25) is 0 Å². The summed E-state index contributed by atoms with van der Waals surface area (Å²) >= 11 is 1.86. The molecule has 62 heavy (non-hydrogen) atoms. The molecular weight excluding hydrogens is 789 g/mol. The van der Waals surface area contributed by atoms with Crippen LogP contribution in [0.15, 0.2) is 189 Å². The molecule has 0 saturated carbocycles. The van der Waals surface area contributed by atoms with Gasteiger partial charge in [-0.2, -0.15) is 10.0 Å². The first-order valence-electron chi connectivity index (χ1n) is 21.6. The van der Waals surface area contributed by atoms with Gasteiger partial charge in [0, 0.05) is 41.8 Å². The average Bonchev–Trinajstić information content (AvgIpc) is 3.65. The van der Waals surface area contributed by atoms with Gasteiger partial charge < -0.3 is 9.80 Å². The Morgan fingerprint density at radius 2 is 0.758 bits per heavy atom. The van der Waals surface area contributed by atoms with Crippen LogP contribution in [0.4, 0.5) is 34.1 Å². The van der Waals surface area contributed by atoms with Gasteiger partial charge >= 0.3 is 0 Å². The lowest BCUT2D eigenvalue weighted by Crippen LogP contribution is -2.21. The maximum Gasteiger partial charge on any atom is 0.0601 e. The van der Waals surface area contributed by atoms with Gasteiger partial charge in [-0.15, -0.1) is 0 Å². The predicted molar refractivity (Wildman–Crippen MR) is 266 cm³/mol. The first kappa shape index (κ1) is 37.6. The van der Waals surface area contributed by atoms with Gasteiger partial charge in [0.05, 0.1) is 22.7 Å². The van der Waals surface area contributed by atoms with Gasteiger partial charge in [0.2, 0.25) is 0 Å². The van der Waals surface area contributed by atoms with Crippen molar-refractivity contribution >= 4 is 68.1 Å². The lowest BCUT2D eigenvalue weighted by molar-refractivity contribution is 0.660. The van der Waals surface area contributed by atoms with Gasteiger partial charge in [0.25, 0.3) is 0 Å². The lowest BCUT2D eigenvalue weighted by Gasteiger charge is -2.45. The van der Waals surface area contributed by atoms with Gasteiger partial charge in [-0.1, -0.05) is 149 Å². The van der Waals surface area contributed by atoms with E-state index in [1.807, 2.05) is 11.8 Å². The Morgan fingerprint density at radius 1 is 0.403 bits per heavy atom. The molecular formula is C58H48N2S2. The van der Waals surface area contributed by atoms with E-state index in [4.69, 9.17) is 0 Å². The molecule has 2 aliphatic heterocycles. The molecule has 0 aromatic heterocycles. The molecule has 2 nitrogen and oxygen atoms in total. The zero-order valence-electron chi connectivity index (χ0n) is 36.0. The molecule has 2 heterocycles. The fraction of sp³-hybridized carbons (Fsp3) is 0.138. The van der Waals surface area contributed by atoms with Gasteiger partial charge in [-0.05, 0) is 141 Å². The standard InChI is InChI=1S/C58H48N2S2/c1-57(2)45-33-37(25-29-41(45)43-31-27-39(35-47(43)57)59-49-15-7-11-19-53(49)61-54-20-12-8-16-50(54)59)23-24-38-26-30-42-44-32-28-40(36-48(44)58(3,4)46(42)34-38)60-51-17-9-13-21-55(51)62(5,6)56-22-14-10-18-52(56)60/h7-36H,1-6H3/b24-23+. The third-order valence-electron chi connectivity index (χ3n) is 14.1. The van der Waals surface area contributed by atoms with Gasteiger partial charge in [0.15, 0.2) is 0 Å². The molecule has 0 fully saturated rings. The van der Waals surface area contributed by atoms with Crippen LogP contribution in [0.1, 0.15) is 61.1 Å². The first-order chi connectivity index (χ1) is 30.0. The molecule has 0 spiro atoms. The van der Waals surface area contributed by atoms with Crippen molar-refractivity contribution in [1.29, 1.82) is 0 Å². The highest BCUT2D eigenvalue weighted by molar-refractivity contribution is 8.33. The van der Waals surface area contributed by atoms with Crippen LogP contribution in [-0.4, -0.2) is 12.5 Å². The molecule has 0 atom stereocenters. The van der Waals surface area contributed by atoms with E-state index < -0.39 is 10.0 Å². The summed E-state index contributed by atoms with van der Waals surface area (Å²) in [5.41, 5.74) is 20.5. The summed E-state index contributed by atoms with van der Waals surface area (Å²) in [4.78, 5) is 10.4. The Morgan fingerprint density at radius 3 is 1.21 bits per heavy atom. The second kappa shape index (κ2) is 13.4. The van der Waals surface area contributed by atoms with Crippen molar-refractivity contribution in [2.24, 2.45) is 0 Å². The fourth-order valence-corrected chi connectivity index (χ4v) is 14.3. The van der Waals surface area contributed by atoms with Crippen molar-refractivity contribution in [1.82, 2.24) is 0 Å². The van der Waals surface area contributed by atoms with Crippen molar-refractivity contribution in [2.75, 3.05) is 22.3 Å². The zero-order chi connectivity index (χ0) is 42.1. The summed E-state index contributed by atoms with van der Waals surface area (Å²) in [7, 11) is -1.14. The maximum absolute atomic E-state index is 2.50. The van der Waals surface area contributed by atoms with Gasteiger partial charge in [0.1, 0.15) is 0 Å². The molecule has 0 unspecified atom stereocenters. The highest BCUT2D eigenvalue weighted by Crippen LogP contribution is 2.67. The van der Waals surface area contributed by atoms with Crippen LogP contribution in [0.25, 0.3) is 34.4 Å². The monoisotopic (exact) mass is 836 g/mol. The van der Waals surface area contributed by atoms with Crippen molar-refractivity contribution in [3.63, 3.8) is 0 Å². The van der Waals surface area contributed by atoms with Crippen molar-refractivity contribution in [3.05, 3.63) is 203 Å². The lowest BCUT2D eigenvalue weighted by atomic mass is 9.81. The highest BCUT2D eigenvalue weighted by atomic mass is 32.3. The summed E-state index contributed by atoms with van der Waals surface area (Å²) in [5, 5.41) is 0. The fourth-order valence-electron chi connectivity index (χ4n) is 10.8. The highest BCUT2D eigenvalue weighted by Gasteiger charge is 2.39. The smallest absolute Gasteiger partial charge is 0.0601 e. The second-order valence-corrected chi connectivity index (χ2v) is 23.2. The van der Waals surface area contributed by atoms with E-state index in [0.717, 1.165) is 0 Å². The summed E-state index contributed by atoms with van der Waals surface area (Å²) in [6.07, 6.45) is 9.47. The van der Waals surface area contributed by atoms with E-state index in [-0.39, 0.29) is 10.8 Å². The normalized spacial score (nSPS) is 16.9. The Labute approximate surface area is 371 Å². The van der Waals surface area contributed by atoms with E-state index in [0.29, 0.717) is 0 Å². The number of hydrogen-bond acceptors (Lipinski definition) is 3. The molecule has 0 saturated heterocycles. The minimum absolute atomic E-state index is 0.147. The SMILES string of the molecule is CC1(C)c2cc(/C=C/c3ccc4c(c3)C(C)(C)c3cc(N5c6ccccc6S(C)(C)c6ccccc65)ccc3-4)ccc2-c2ccc(N3c4ccccc4Sc4ccccc43)cc21. The second-order valence-electron chi connectivity index (χ2n) is 18.6. The minimum Gasteiger partial charge on any atom is -0.308 e. The Hall–Kier alpha value is -6.20. The first-order valence-corrected chi connectivity index (χ1v) is 24.9. The number of para-hydroxylation sites is 4. The number of nitrogens with zero attached hydrogens (tertiary/aromatic N) is 2. The predicted octanol–water partition coefficient (Wildman–Crippen LogP) is 16.7. The van der Waals surface area contributed by atoms with E-state index in [2.05, 4.69) is 232 Å². The van der Waals surface area contributed by atoms with Crippen molar-refractivity contribution in [2.45, 2.75) is 58.1 Å². The summed E-state index contributed by atoms with van der Waals surface area (Å²) in [6, 6.07) is 63.9. The van der Waals surface area contributed by atoms with Crippen molar-refractivity contribution in [3.8, 4) is 22.3 Å². The number of anilines is 6. The molecule has 8 aromatic rings. The van der Waals surface area contributed by atoms with Crippen LogP contribution in [0, 0.1) is 0 Å². The maximum atomic E-state index is 2.50. The Balaban J connectivity index is 0.848. The third-order valence-corrected chi connectivity index (χ3v) is 18.1. The molecule has 4 heteroatoms. The molecule has 302 valence electrons. The molecule has 12 rings (SSSR count). The van der Waals surface area contributed by atoms with E-state index in [1.54, 1.807) is 0 Å². The summed E-state index contributed by atoms with van der Waals surface area (Å²) < 4.78 is 0. The quantitative estimate of drug-likeness (QED) is 0.163. The third kappa shape index (κ3) is 5.39. The van der Waals surface area contributed by atoms with Crippen molar-refractivity contribution < 1.29 is 0 Å². The average molecular weight is 837 g/mol. The summed E-state index contributed by atoms with van der Waals surface area (Å²) in [6.45, 7) is 9.57. The van der Waals surface area contributed by atoms with E-state index in [1.165, 1.54) is 109 Å². The summed E-state index contributed by atoms with van der Waals surface area (Å²) in [5.74, 6) is 0. The van der Waals surface area contributed by atoms with Crippen LogP contribution in [0.3, 0.4) is 0 Å². The van der Waals surface area contributed by atoms with E-state index >= 15 is 0 Å². The minimum atomic E-state index is -1.14. The topological polar surface area (TPSA) is 6.48 Å². The zero-order valence-corrected chi connectivity index (χ0v) is 37.7. The van der Waals surface area contributed by atoms with Crippen LogP contribution in [0.2, 0.25) is 0 Å². The molecule has 8 aromatic carbocycles. The van der Waals surface area contributed by atoms with E-state index in [9.17, 15) is 0 Å². The molecule has 0 radical (unpaired) electrons. The molecule has 4 aliphatic rings. The number of fused-ring (bicyclic) bond motifs is 10. The van der Waals surface area contributed by atoms with Gasteiger partial charge in [-0.25, -0.2) is 0 Å². The van der Waals surface area contributed by atoms with Crippen LogP contribution >= 0.6 is 21.8 Å². The van der Waals surface area contributed by atoms with Crippen LogP contribution < -0.4 is 9.80 Å². The number of rotatable bonds is 4.